The smallest absolute Gasteiger partial charge is 0.321 e. The van der Waals surface area contributed by atoms with Gasteiger partial charge < -0.3 is 24.6 Å². The van der Waals surface area contributed by atoms with Crippen LogP contribution in [0.2, 0.25) is 0 Å². The van der Waals surface area contributed by atoms with Gasteiger partial charge in [-0.15, -0.1) is 0 Å². The second-order valence-corrected chi connectivity index (χ2v) is 6.79. The molecule has 0 atom stereocenters. The molecule has 2 aromatic carbocycles. The molecule has 6 nitrogen and oxygen atoms in total. The molecule has 6 heteroatoms. The first-order valence-corrected chi connectivity index (χ1v) is 9.27. The number of rotatable bonds is 5. The van der Waals surface area contributed by atoms with Crippen molar-refractivity contribution in [1.29, 1.82) is 0 Å². The van der Waals surface area contributed by atoms with Gasteiger partial charge in [0.15, 0.2) is 0 Å². The van der Waals surface area contributed by atoms with Crippen LogP contribution in [0.15, 0.2) is 48.5 Å². The number of ether oxygens (including phenoxy) is 2. The summed E-state index contributed by atoms with van der Waals surface area (Å²) in [4.78, 5) is 16.6. The van der Waals surface area contributed by atoms with Crippen LogP contribution < -0.4 is 19.7 Å². The van der Waals surface area contributed by atoms with Crippen LogP contribution in [0.4, 0.5) is 16.2 Å². The number of benzene rings is 2. The number of carbonyl (C=O) groups excluding carboxylic acids is 1. The van der Waals surface area contributed by atoms with Crippen molar-refractivity contribution in [3.05, 3.63) is 48.5 Å². The first-order chi connectivity index (χ1) is 13.0. The Hall–Kier alpha value is -2.89. The summed E-state index contributed by atoms with van der Waals surface area (Å²) in [6.45, 7) is 6.96. The van der Waals surface area contributed by atoms with E-state index in [1.165, 1.54) is 0 Å². The summed E-state index contributed by atoms with van der Waals surface area (Å²) >= 11 is 0. The fraction of sp³-hybridized carbons (Fsp3) is 0.381. The number of piperazine rings is 1. The van der Waals surface area contributed by atoms with Gasteiger partial charge in [-0.05, 0) is 62.4 Å². The Kier molecular flexibility index (Phi) is 6.06. The standard InChI is InChI=1S/C21H27N3O3/c1-16(2)27-20-8-4-17(5-9-20)22-21(25)24-14-12-23(13-15-24)18-6-10-19(26-3)11-7-18/h4-11,16H,12-15H2,1-3H3,(H,22,25). The molecule has 0 aromatic heterocycles. The summed E-state index contributed by atoms with van der Waals surface area (Å²) in [5, 5.41) is 2.96. The summed E-state index contributed by atoms with van der Waals surface area (Å²) in [6.07, 6.45) is 0.132. The maximum Gasteiger partial charge on any atom is 0.321 e. The van der Waals surface area contributed by atoms with E-state index in [1.807, 2.05) is 55.1 Å². The predicted molar refractivity (Wildman–Crippen MR) is 108 cm³/mol. The molecule has 0 spiro atoms. The van der Waals surface area contributed by atoms with Crippen LogP contribution in [0.5, 0.6) is 11.5 Å². The second-order valence-electron chi connectivity index (χ2n) is 6.79. The zero-order chi connectivity index (χ0) is 19.2. The summed E-state index contributed by atoms with van der Waals surface area (Å²) < 4.78 is 10.8. The van der Waals surface area contributed by atoms with Crippen molar-refractivity contribution < 1.29 is 14.3 Å². The lowest BCUT2D eigenvalue weighted by Crippen LogP contribution is -2.50. The van der Waals surface area contributed by atoms with Crippen molar-refractivity contribution in [3.63, 3.8) is 0 Å². The second kappa shape index (κ2) is 8.66. The van der Waals surface area contributed by atoms with E-state index in [0.717, 1.165) is 36.0 Å². The molecule has 27 heavy (non-hydrogen) atoms. The van der Waals surface area contributed by atoms with Gasteiger partial charge in [-0.25, -0.2) is 4.79 Å². The van der Waals surface area contributed by atoms with Gasteiger partial charge in [0, 0.05) is 37.6 Å². The van der Waals surface area contributed by atoms with Gasteiger partial charge in [-0.1, -0.05) is 0 Å². The van der Waals surface area contributed by atoms with E-state index in [9.17, 15) is 4.79 Å². The average Bonchev–Trinajstić information content (AvgIpc) is 2.69. The largest absolute Gasteiger partial charge is 0.497 e. The molecule has 0 bridgehead atoms. The Morgan fingerprint density at radius 2 is 1.52 bits per heavy atom. The van der Waals surface area contributed by atoms with Crippen molar-refractivity contribution in [2.24, 2.45) is 0 Å². The molecular formula is C21H27N3O3. The Balaban J connectivity index is 1.50. The van der Waals surface area contributed by atoms with Gasteiger partial charge in [-0.3, -0.25) is 0 Å². The Morgan fingerprint density at radius 1 is 0.926 bits per heavy atom. The fourth-order valence-corrected chi connectivity index (χ4v) is 3.05. The molecule has 2 aromatic rings. The molecule has 0 aliphatic carbocycles. The van der Waals surface area contributed by atoms with Crippen LogP contribution >= 0.6 is 0 Å². The molecule has 1 heterocycles. The molecule has 3 rings (SSSR count). The number of urea groups is 1. The Labute approximate surface area is 160 Å². The van der Waals surface area contributed by atoms with E-state index in [-0.39, 0.29) is 12.1 Å². The molecule has 1 fully saturated rings. The summed E-state index contributed by atoms with van der Waals surface area (Å²) in [7, 11) is 1.66. The first kappa shape index (κ1) is 18.9. The van der Waals surface area contributed by atoms with Crippen molar-refractivity contribution in [2.75, 3.05) is 43.5 Å². The third kappa shape index (κ3) is 5.06. The van der Waals surface area contributed by atoms with Gasteiger partial charge >= 0.3 is 6.03 Å². The van der Waals surface area contributed by atoms with E-state index in [2.05, 4.69) is 22.3 Å². The van der Waals surface area contributed by atoms with E-state index in [4.69, 9.17) is 9.47 Å². The molecule has 1 aliphatic rings. The fourth-order valence-electron chi connectivity index (χ4n) is 3.05. The van der Waals surface area contributed by atoms with Crippen LogP contribution in [0.3, 0.4) is 0 Å². The number of anilines is 2. The number of hydrogen-bond donors (Lipinski definition) is 1. The number of nitrogens with zero attached hydrogens (tertiary/aromatic N) is 2. The molecule has 1 saturated heterocycles. The topological polar surface area (TPSA) is 54.0 Å². The van der Waals surface area contributed by atoms with E-state index in [0.29, 0.717) is 13.1 Å². The zero-order valence-corrected chi connectivity index (χ0v) is 16.1. The predicted octanol–water partition coefficient (Wildman–Crippen LogP) is 3.84. The van der Waals surface area contributed by atoms with E-state index in [1.54, 1.807) is 7.11 Å². The Bertz CT molecular complexity index is 736. The molecular weight excluding hydrogens is 342 g/mol. The van der Waals surface area contributed by atoms with Crippen LogP contribution in [0, 0.1) is 0 Å². The van der Waals surface area contributed by atoms with Gasteiger partial charge in [0.1, 0.15) is 11.5 Å². The molecule has 0 unspecified atom stereocenters. The number of carbonyl (C=O) groups is 1. The molecule has 2 amide bonds. The lowest BCUT2D eigenvalue weighted by molar-refractivity contribution is 0.208. The molecule has 1 aliphatic heterocycles. The van der Waals surface area contributed by atoms with Gasteiger partial charge in [0.2, 0.25) is 0 Å². The maximum absolute atomic E-state index is 12.5. The van der Waals surface area contributed by atoms with Crippen molar-refractivity contribution in [2.45, 2.75) is 20.0 Å². The third-order valence-electron chi connectivity index (χ3n) is 4.48. The van der Waals surface area contributed by atoms with Gasteiger partial charge in [0.05, 0.1) is 13.2 Å². The number of amides is 2. The minimum absolute atomic E-state index is 0.0677. The van der Waals surface area contributed by atoms with Crippen molar-refractivity contribution >= 4 is 17.4 Å². The van der Waals surface area contributed by atoms with Gasteiger partial charge in [0.25, 0.3) is 0 Å². The number of methoxy groups -OCH3 is 1. The summed E-state index contributed by atoms with van der Waals surface area (Å²) in [5.74, 6) is 1.65. The monoisotopic (exact) mass is 369 g/mol. The highest BCUT2D eigenvalue weighted by atomic mass is 16.5. The van der Waals surface area contributed by atoms with Crippen molar-refractivity contribution in [1.82, 2.24) is 4.90 Å². The third-order valence-corrected chi connectivity index (χ3v) is 4.48. The molecule has 0 saturated carbocycles. The highest BCUT2D eigenvalue weighted by Crippen LogP contribution is 2.21. The number of nitrogens with one attached hydrogen (secondary N) is 1. The number of hydrogen-bond acceptors (Lipinski definition) is 4. The minimum atomic E-state index is -0.0677. The van der Waals surface area contributed by atoms with Crippen LogP contribution in [-0.2, 0) is 0 Å². The highest BCUT2D eigenvalue weighted by Gasteiger charge is 2.21. The lowest BCUT2D eigenvalue weighted by Gasteiger charge is -2.36. The lowest BCUT2D eigenvalue weighted by atomic mass is 10.2. The van der Waals surface area contributed by atoms with Crippen molar-refractivity contribution in [3.8, 4) is 11.5 Å². The molecule has 0 radical (unpaired) electrons. The first-order valence-electron chi connectivity index (χ1n) is 9.27. The summed E-state index contributed by atoms with van der Waals surface area (Å²) in [5.41, 5.74) is 1.92. The Morgan fingerprint density at radius 3 is 2.07 bits per heavy atom. The molecule has 144 valence electrons. The normalized spacial score (nSPS) is 14.2. The summed E-state index contributed by atoms with van der Waals surface area (Å²) in [6, 6.07) is 15.4. The SMILES string of the molecule is COc1ccc(N2CCN(C(=O)Nc3ccc(OC(C)C)cc3)CC2)cc1. The maximum atomic E-state index is 12.5. The minimum Gasteiger partial charge on any atom is -0.497 e. The zero-order valence-electron chi connectivity index (χ0n) is 16.1. The molecule has 1 N–H and O–H groups in total. The van der Waals surface area contributed by atoms with E-state index < -0.39 is 0 Å². The van der Waals surface area contributed by atoms with E-state index >= 15 is 0 Å². The highest BCUT2D eigenvalue weighted by molar-refractivity contribution is 5.89. The van der Waals surface area contributed by atoms with Crippen LogP contribution in [0.1, 0.15) is 13.8 Å². The van der Waals surface area contributed by atoms with Crippen LogP contribution in [-0.4, -0.2) is 50.3 Å². The van der Waals surface area contributed by atoms with Gasteiger partial charge in [-0.2, -0.15) is 0 Å². The quantitative estimate of drug-likeness (QED) is 0.870. The average molecular weight is 369 g/mol. The van der Waals surface area contributed by atoms with Crippen LogP contribution in [0.25, 0.3) is 0 Å².